The number of aromatic nitrogens is 1. The number of piperazine rings is 1. The van der Waals surface area contributed by atoms with Crippen molar-refractivity contribution >= 4 is 22.6 Å². The number of hydrogen-bond donors (Lipinski definition) is 10. The lowest BCUT2D eigenvalue weighted by Crippen LogP contribution is -2.68. The molecule has 2 saturated carbocycles. The van der Waals surface area contributed by atoms with E-state index in [-0.39, 0.29) is 43.0 Å². The Balaban J connectivity index is 0.982. The van der Waals surface area contributed by atoms with Gasteiger partial charge in [-0.05, 0) is 57.2 Å². The Kier molecular flexibility index (Phi) is 14.4. The van der Waals surface area contributed by atoms with Gasteiger partial charge in [0, 0.05) is 69.0 Å². The molecule has 1 aromatic carbocycles. The van der Waals surface area contributed by atoms with Gasteiger partial charge in [0.1, 0.15) is 48.0 Å². The Bertz CT molecular complexity index is 1850. The standard InChI is InChI=1S/C39H61FN8O12/c40-21-11-19-25(48(18-3-4-18)16-20(31(19)51)37(54)55)14-26(21)47-8-6-46(7-9-47)5-1-2-10-56-36-34(59-38-24(44)13-27(50)28(15-41)57-38)22(42)12-23(43)35(36)60-39-33(53)30(45)32(52)29(17-49)58-39/h11,14,16,18,22-24,27-30,32-36,38-39,49-50,52-53H,1-10,12-13,15,17,41-45H2,(H,54,55)/t22-,23+,24+,27-,28+,29+,30-,32+,33+,34+,35-,36-,38+,39+/m0/s1. The minimum atomic E-state index is -1.47. The molecular formula is C39H61FN8O12. The van der Waals surface area contributed by atoms with Gasteiger partial charge < -0.3 is 87.4 Å². The van der Waals surface area contributed by atoms with Gasteiger partial charge in [0.05, 0.1) is 42.1 Å². The number of nitrogens with zero attached hydrogens (tertiary/aromatic N) is 3. The van der Waals surface area contributed by atoms with Crippen LogP contribution in [0.5, 0.6) is 0 Å². The molecule has 0 spiro atoms. The van der Waals surface area contributed by atoms with Crippen molar-refractivity contribution in [3.8, 4) is 0 Å². The number of rotatable bonds is 15. The minimum Gasteiger partial charge on any atom is -0.477 e. The number of halogens is 1. The van der Waals surface area contributed by atoms with Crippen LogP contribution in [0, 0.1) is 5.82 Å². The number of ether oxygens (including phenoxy) is 5. The third kappa shape index (κ3) is 9.50. The first-order valence-electron chi connectivity index (χ1n) is 20.9. The van der Waals surface area contributed by atoms with Gasteiger partial charge in [-0.3, -0.25) is 9.69 Å². The van der Waals surface area contributed by atoms with Gasteiger partial charge >= 0.3 is 5.97 Å². The molecule has 0 amide bonds. The number of carboxylic acid groups (broad SMARTS) is 1. The van der Waals surface area contributed by atoms with Crippen molar-refractivity contribution in [3.05, 3.63) is 39.9 Å². The first-order valence-corrected chi connectivity index (χ1v) is 20.9. The summed E-state index contributed by atoms with van der Waals surface area (Å²) in [6.07, 6.45) is -5.87. The van der Waals surface area contributed by atoms with Gasteiger partial charge in [-0.25, -0.2) is 9.18 Å². The smallest absolute Gasteiger partial charge is 0.341 e. The van der Waals surface area contributed by atoms with Crippen LogP contribution in [-0.4, -0.2) is 179 Å². The molecule has 2 aromatic rings. The SMILES string of the molecule is NC[C@H]1O[C@H](O[C@H]2[C@H](OCCCCN3CCN(c4cc5c(cc4F)c(=O)c(C(=O)O)cn5C4CC4)CC3)[C@@H](O[C@H]3O[C@H](CO)[C@@H](O)[C@H](N)[C@H]3O)[C@H](N)C[C@@H]2N)[C@H](N)C[C@@H]1O. The molecule has 60 heavy (non-hydrogen) atoms. The summed E-state index contributed by atoms with van der Waals surface area (Å²) in [4.78, 5) is 28.9. The summed E-state index contributed by atoms with van der Waals surface area (Å²) in [5.74, 6) is -1.91. The molecule has 21 heteroatoms. The second-order valence-corrected chi connectivity index (χ2v) is 16.8. The van der Waals surface area contributed by atoms with E-state index in [0.29, 0.717) is 43.8 Å². The zero-order valence-corrected chi connectivity index (χ0v) is 33.5. The molecule has 1 aromatic heterocycles. The zero-order valence-electron chi connectivity index (χ0n) is 33.5. The maximum Gasteiger partial charge on any atom is 0.341 e. The second kappa shape index (κ2) is 19.2. The topological polar surface area (TPSA) is 323 Å². The number of nitrogens with two attached hydrogens (primary N) is 5. The normalized spacial score (nSPS) is 36.8. The fourth-order valence-electron chi connectivity index (χ4n) is 8.87. The number of carbonyl (C=O) groups is 1. The van der Waals surface area contributed by atoms with Crippen LogP contribution in [0.2, 0.25) is 0 Å². The Morgan fingerprint density at radius 2 is 1.53 bits per heavy atom. The lowest BCUT2D eigenvalue weighted by Gasteiger charge is -2.49. The van der Waals surface area contributed by atoms with Crippen LogP contribution in [-0.2, 0) is 23.7 Å². The predicted molar refractivity (Wildman–Crippen MR) is 213 cm³/mol. The molecule has 0 radical (unpaired) electrons. The van der Waals surface area contributed by atoms with Crippen molar-refractivity contribution in [2.75, 3.05) is 57.4 Å². The van der Waals surface area contributed by atoms with E-state index in [2.05, 4.69) is 4.90 Å². The molecule has 0 bridgehead atoms. The van der Waals surface area contributed by atoms with E-state index in [4.69, 9.17) is 52.4 Å². The van der Waals surface area contributed by atoms with Crippen LogP contribution in [0.4, 0.5) is 10.1 Å². The van der Waals surface area contributed by atoms with Crippen LogP contribution in [0.25, 0.3) is 10.9 Å². The number of hydrogen-bond acceptors (Lipinski definition) is 18. The zero-order chi connectivity index (χ0) is 43.0. The predicted octanol–water partition coefficient (Wildman–Crippen LogP) is -3.18. The first-order chi connectivity index (χ1) is 28.7. The highest BCUT2D eigenvalue weighted by atomic mass is 19.1. The molecule has 7 rings (SSSR count). The number of fused-ring (bicyclic) bond motifs is 1. The minimum absolute atomic E-state index is 0.0337. The van der Waals surface area contributed by atoms with Crippen molar-refractivity contribution in [1.82, 2.24) is 9.47 Å². The Morgan fingerprint density at radius 1 is 0.867 bits per heavy atom. The number of anilines is 1. The van der Waals surface area contributed by atoms with E-state index in [0.717, 1.165) is 31.9 Å². The van der Waals surface area contributed by atoms with Crippen molar-refractivity contribution in [3.63, 3.8) is 0 Å². The molecule has 2 aliphatic carbocycles. The number of aliphatic hydroxyl groups excluding tert-OH is 4. The van der Waals surface area contributed by atoms with Crippen LogP contribution in [0.15, 0.2) is 23.1 Å². The third-order valence-corrected chi connectivity index (χ3v) is 12.6. The number of benzene rings is 1. The summed E-state index contributed by atoms with van der Waals surface area (Å²) in [6.45, 7) is 2.79. The Morgan fingerprint density at radius 3 is 2.17 bits per heavy atom. The molecular weight excluding hydrogens is 791 g/mol. The van der Waals surface area contributed by atoms with Crippen molar-refractivity contribution in [2.24, 2.45) is 28.7 Å². The van der Waals surface area contributed by atoms with E-state index in [1.165, 1.54) is 6.20 Å². The molecule has 3 aliphatic heterocycles. The number of carboxylic acids is 1. The lowest BCUT2D eigenvalue weighted by atomic mass is 9.84. The van der Waals surface area contributed by atoms with Gasteiger partial charge in [-0.15, -0.1) is 0 Å². The van der Waals surface area contributed by atoms with E-state index < -0.39 is 109 Å². The van der Waals surface area contributed by atoms with Crippen molar-refractivity contribution < 1.29 is 58.4 Å². The summed E-state index contributed by atoms with van der Waals surface area (Å²) in [7, 11) is 0. The number of unbranched alkanes of at least 4 members (excludes halogenated alkanes) is 1. The highest BCUT2D eigenvalue weighted by molar-refractivity contribution is 5.93. The van der Waals surface area contributed by atoms with Crippen LogP contribution in [0.3, 0.4) is 0 Å². The van der Waals surface area contributed by atoms with E-state index in [9.17, 15) is 35.1 Å². The maximum absolute atomic E-state index is 15.6. The van der Waals surface area contributed by atoms with Crippen LogP contribution < -0.4 is 39.0 Å². The lowest BCUT2D eigenvalue weighted by molar-refractivity contribution is -0.318. The summed E-state index contributed by atoms with van der Waals surface area (Å²) >= 11 is 0. The van der Waals surface area contributed by atoms with E-state index in [1.807, 2.05) is 4.90 Å². The largest absolute Gasteiger partial charge is 0.477 e. The molecule has 3 saturated heterocycles. The highest BCUT2D eigenvalue weighted by Crippen LogP contribution is 2.38. The Labute approximate surface area is 346 Å². The second-order valence-electron chi connectivity index (χ2n) is 16.8. The summed E-state index contributed by atoms with van der Waals surface area (Å²) in [5, 5.41) is 51.2. The quantitative estimate of drug-likeness (QED) is 0.0790. The van der Waals surface area contributed by atoms with Gasteiger partial charge in [0.2, 0.25) is 5.43 Å². The molecule has 336 valence electrons. The molecule has 15 N–H and O–H groups in total. The van der Waals surface area contributed by atoms with Crippen LogP contribution in [0.1, 0.15) is 54.9 Å². The fourth-order valence-corrected chi connectivity index (χ4v) is 8.87. The van der Waals surface area contributed by atoms with Gasteiger partial charge in [0.15, 0.2) is 12.6 Å². The highest BCUT2D eigenvalue weighted by Gasteiger charge is 2.51. The molecule has 20 nitrogen and oxygen atoms in total. The fraction of sp³-hybridized carbons (Fsp3) is 0.744. The number of aliphatic hydroxyl groups is 4. The first kappa shape index (κ1) is 45.1. The number of aromatic carboxylic acids is 1. The van der Waals surface area contributed by atoms with Crippen molar-refractivity contribution in [2.45, 2.75) is 130 Å². The average Bonchev–Trinajstić information content (AvgIpc) is 4.07. The molecule has 0 unspecified atom stereocenters. The molecule has 4 heterocycles. The monoisotopic (exact) mass is 852 g/mol. The summed E-state index contributed by atoms with van der Waals surface area (Å²) in [6, 6.07) is -0.382. The van der Waals surface area contributed by atoms with Gasteiger partial charge in [-0.2, -0.15) is 0 Å². The molecule has 14 atom stereocenters. The van der Waals surface area contributed by atoms with Gasteiger partial charge in [0.25, 0.3) is 0 Å². The van der Waals surface area contributed by atoms with E-state index >= 15 is 4.39 Å². The third-order valence-electron chi connectivity index (χ3n) is 12.6. The number of pyridine rings is 1. The average molecular weight is 853 g/mol. The molecule has 5 fully saturated rings. The molecule has 5 aliphatic rings. The summed E-state index contributed by atoms with van der Waals surface area (Å²) < 4.78 is 48.2. The van der Waals surface area contributed by atoms with Crippen LogP contribution >= 0.6 is 0 Å². The summed E-state index contributed by atoms with van der Waals surface area (Å²) in [5.41, 5.74) is 31.3. The Hall–Kier alpha value is -2.97. The maximum atomic E-state index is 15.6. The van der Waals surface area contributed by atoms with Crippen molar-refractivity contribution in [1.29, 1.82) is 0 Å². The van der Waals surface area contributed by atoms with Gasteiger partial charge in [-0.1, -0.05) is 0 Å². The van der Waals surface area contributed by atoms with E-state index in [1.54, 1.807) is 10.6 Å².